The molecule has 1 atom stereocenters. The second-order valence-electron chi connectivity index (χ2n) is 5.88. The van der Waals surface area contributed by atoms with Gasteiger partial charge in [-0.15, -0.1) is 0 Å². The Bertz CT molecular complexity index is 561. The third-order valence-corrected chi connectivity index (χ3v) is 4.45. The van der Waals surface area contributed by atoms with Crippen molar-refractivity contribution in [1.82, 2.24) is 9.80 Å². The molecule has 112 valence electrons. The Labute approximate surface area is 125 Å². The predicted octanol–water partition coefficient (Wildman–Crippen LogP) is 1.42. The first-order valence-electron chi connectivity index (χ1n) is 7.70. The fraction of sp³-hybridized carbons (Fsp3) is 0.529. The Morgan fingerprint density at radius 1 is 1.29 bits per heavy atom. The lowest BCUT2D eigenvalue weighted by Crippen LogP contribution is -2.49. The fourth-order valence-corrected chi connectivity index (χ4v) is 3.35. The number of nitrogens with zero attached hydrogens (tertiary/aromatic N) is 2. The molecular weight excluding hydrogens is 265 g/mol. The molecule has 2 saturated heterocycles. The fourth-order valence-electron chi connectivity index (χ4n) is 3.35. The summed E-state index contributed by atoms with van der Waals surface area (Å²) in [7, 11) is 0. The topological polar surface area (TPSA) is 32.5 Å². The molecule has 2 aliphatic heterocycles. The number of piperazine rings is 1. The molecule has 3 rings (SSSR count). The van der Waals surface area contributed by atoms with Gasteiger partial charge in [-0.2, -0.15) is 0 Å². The Balaban J connectivity index is 1.65. The van der Waals surface area contributed by atoms with Gasteiger partial charge < -0.3 is 5.73 Å². The molecule has 2 fully saturated rings. The molecule has 0 aliphatic carbocycles. The van der Waals surface area contributed by atoms with Gasteiger partial charge in [0.15, 0.2) is 0 Å². The predicted molar refractivity (Wildman–Crippen MR) is 82.2 cm³/mol. The Morgan fingerprint density at radius 3 is 3.00 bits per heavy atom. The molecule has 1 aromatic rings. The largest absolute Gasteiger partial charge is 0.320 e. The van der Waals surface area contributed by atoms with Gasteiger partial charge in [0.1, 0.15) is 5.82 Å². The van der Waals surface area contributed by atoms with E-state index in [-0.39, 0.29) is 5.82 Å². The quantitative estimate of drug-likeness (QED) is 0.835. The SMILES string of the molecule is NCC#Cc1ccc(CN2CCN3CCCC3C2)c(F)c1. The van der Waals surface area contributed by atoms with E-state index in [1.54, 1.807) is 0 Å². The van der Waals surface area contributed by atoms with E-state index in [9.17, 15) is 4.39 Å². The molecule has 1 unspecified atom stereocenters. The van der Waals surface area contributed by atoms with Gasteiger partial charge in [0.25, 0.3) is 0 Å². The first-order chi connectivity index (χ1) is 10.3. The Morgan fingerprint density at radius 2 is 2.19 bits per heavy atom. The normalized spacial score (nSPS) is 22.7. The van der Waals surface area contributed by atoms with Crippen LogP contribution in [0.4, 0.5) is 4.39 Å². The number of fused-ring (bicyclic) bond motifs is 1. The van der Waals surface area contributed by atoms with E-state index in [0.29, 0.717) is 24.7 Å². The third kappa shape index (κ3) is 3.44. The molecule has 2 heterocycles. The maximum atomic E-state index is 14.2. The summed E-state index contributed by atoms with van der Waals surface area (Å²) < 4.78 is 14.2. The van der Waals surface area contributed by atoms with Crippen LogP contribution in [0.25, 0.3) is 0 Å². The van der Waals surface area contributed by atoms with E-state index in [2.05, 4.69) is 21.6 Å². The van der Waals surface area contributed by atoms with Crippen LogP contribution in [0.3, 0.4) is 0 Å². The van der Waals surface area contributed by atoms with Crippen molar-refractivity contribution in [2.75, 3.05) is 32.7 Å². The number of benzene rings is 1. The monoisotopic (exact) mass is 287 g/mol. The lowest BCUT2D eigenvalue weighted by Gasteiger charge is -2.37. The maximum absolute atomic E-state index is 14.2. The minimum absolute atomic E-state index is 0.160. The van der Waals surface area contributed by atoms with Crippen LogP contribution in [0.15, 0.2) is 18.2 Å². The van der Waals surface area contributed by atoms with Crippen LogP contribution in [0.2, 0.25) is 0 Å². The zero-order valence-electron chi connectivity index (χ0n) is 12.3. The van der Waals surface area contributed by atoms with Gasteiger partial charge in [0.05, 0.1) is 6.54 Å². The Kier molecular flexibility index (Phi) is 4.54. The summed E-state index contributed by atoms with van der Waals surface area (Å²) in [6.45, 7) is 5.45. The summed E-state index contributed by atoms with van der Waals surface area (Å²) in [5, 5.41) is 0. The van der Waals surface area contributed by atoms with Crippen LogP contribution in [0.1, 0.15) is 24.0 Å². The summed E-state index contributed by atoms with van der Waals surface area (Å²) in [4.78, 5) is 4.94. The number of halogens is 1. The van der Waals surface area contributed by atoms with Gasteiger partial charge in [-0.05, 0) is 31.5 Å². The van der Waals surface area contributed by atoms with Crippen LogP contribution in [-0.2, 0) is 6.54 Å². The first kappa shape index (κ1) is 14.5. The minimum atomic E-state index is -0.160. The third-order valence-electron chi connectivity index (χ3n) is 4.45. The Hall–Kier alpha value is -1.41. The van der Waals surface area contributed by atoms with E-state index in [1.807, 2.05) is 12.1 Å². The standard InChI is InChI=1S/C17H22FN3/c18-17-11-14(3-1-7-19)5-6-15(17)12-20-9-10-21-8-2-4-16(21)13-20/h5-6,11,16H,2,4,7-10,12-13,19H2. The van der Waals surface area contributed by atoms with Crippen molar-refractivity contribution >= 4 is 0 Å². The van der Waals surface area contributed by atoms with Crippen LogP contribution >= 0.6 is 0 Å². The molecule has 0 bridgehead atoms. The molecule has 0 amide bonds. The molecule has 4 heteroatoms. The van der Waals surface area contributed by atoms with E-state index in [1.165, 1.54) is 25.5 Å². The highest BCUT2D eigenvalue weighted by atomic mass is 19.1. The zero-order chi connectivity index (χ0) is 14.7. The van der Waals surface area contributed by atoms with Gasteiger partial charge >= 0.3 is 0 Å². The van der Waals surface area contributed by atoms with Crippen LogP contribution < -0.4 is 5.73 Å². The molecule has 0 saturated carbocycles. The van der Waals surface area contributed by atoms with E-state index < -0.39 is 0 Å². The highest BCUT2D eigenvalue weighted by Gasteiger charge is 2.30. The highest BCUT2D eigenvalue weighted by molar-refractivity contribution is 5.37. The summed E-state index contributed by atoms with van der Waals surface area (Å²) in [6.07, 6.45) is 2.59. The van der Waals surface area contributed by atoms with Crippen molar-refractivity contribution in [2.45, 2.75) is 25.4 Å². The number of rotatable bonds is 2. The molecule has 0 radical (unpaired) electrons. The summed E-state index contributed by atoms with van der Waals surface area (Å²) in [5.41, 5.74) is 6.79. The van der Waals surface area contributed by atoms with Crippen LogP contribution in [-0.4, -0.2) is 48.6 Å². The average Bonchev–Trinajstić information content (AvgIpc) is 2.95. The molecule has 0 spiro atoms. The molecule has 0 aromatic heterocycles. The van der Waals surface area contributed by atoms with Gasteiger partial charge in [0.2, 0.25) is 0 Å². The van der Waals surface area contributed by atoms with Crippen molar-refractivity contribution in [3.05, 3.63) is 35.1 Å². The van der Waals surface area contributed by atoms with Gasteiger partial charge in [0, 0.05) is 43.3 Å². The van der Waals surface area contributed by atoms with Crippen molar-refractivity contribution in [3.63, 3.8) is 0 Å². The van der Waals surface area contributed by atoms with E-state index in [4.69, 9.17) is 5.73 Å². The van der Waals surface area contributed by atoms with Crippen molar-refractivity contribution in [1.29, 1.82) is 0 Å². The zero-order valence-corrected chi connectivity index (χ0v) is 12.3. The lowest BCUT2D eigenvalue weighted by atomic mass is 10.1. The van der Waals surface area contributed by atoms with Crippen LogP contribution in [0, 0.1) is 17.7 Å². The molecule has 2 N–H and O–H groups in total. The summed E-state index contributed by atoms with van der Waals surface area (Å²) >= 11 is 0. The molecule has 3 nitrogen and oxygen atoms in total. The summed E-state index contributed by atoms with van der Waals surface area (Å²) in [5.74, 6) is 5.46. The molecule has 21 heavy (non-hydrogen) atoms. The highest BCUT2D eigenvalue weighted by Crippen LogP contribution is 2.23. The van der Waals surface area contributed by atoms with Crippen LogP contribution in [0.5, 0.6) is 0 Å². The van der Waals surface area contributed by atoms with E-state index >= 15 is 0 Å². The summed E-state index contributed by atoms with van der Waals surface area (Å²) in [6, 6.07) is 5.93. The number of hydrogen-bond acceptors (Lipinski definition) is 3. The second-order valence-corrected chi connectivity index (χ2v) is 5.88. The van der Waals surface area contributed by atoms with E-state index in [0.717, 1.165) is 25.2 Å². The minimum Gasteiger partial charge on any atom is -0.320 e. The smallest absolute Gasteiger partial charge is 0.128 e. The van der Waals surface area contributed by atoms with Crippen molar-refractivity contribution in [3.8, 4) is 11.8 Å². The first-order valence-corrected chi connectivity index (χ1v) is 7.70. The molecular formula is C17H22FN3. The molecule has 2 aliphatic rings. The molecule has 1 aromatic carbocycles. The van der Waals surface area contributed by atoms with Gasteiger partial charge in [-0.3, -0.25) is 9.80 Å². The second kappa shape index (κ2) is 6.57. The number of nitrogens with two attached hydrogens (primary N) is 1. The van der Waals surface area contributed by atoms with Crippen molar-refractivity contribution in [2.24, 2.45) is 5.73 Å². The average molecular weight is 287 g/mol. The maximum Gasteiger partial charge on any atom is 0.128 e. The van der Waals surface area contributed by atoms with Gasteiger partial charge in [-0.25, -0.2) is 4.39 Å². The van der Waals surface area contributed by atoms with Crippen molar-refractivity contribution < 1.29 is 4.39 Å². The lowest BCUT2D eigenvalue weighted by molar-refractivity contribution is 0.0985. The number of hydrogen-bond donors (Lipinski definition) is 1. The van der Waals surface area contributed by atoms with Gasteiger partial charge in [-0.1, -0.05) is 17.9 Å².